The highest BCUT2D eigenvalue weighted by atomic mass is 35.5. The van der Waals surface area contributed by atoms with Crippen LogP contribution < -0.4 is 4.90 Å². The van der Waals surface area contributed by atoms with E-state index < -0.39 is 0 Å². The molecule has 164 valence electrons. The number of fused-ring (bicyclic) bond motifs is 1. The van der Waals surface area contributed by atoms with Gasteiger partial charge in [-0.1, -0.05) is 52.4 Å². The Kier molecular flexibility index (Phi) is 5.71. The molecule has 32 heavy (non-hydrogen) atoms. The van der Waals surface area contributed by atoms with Gasteiger partial charge in [0.25, 0.3) is 5.91 Å². The lowest BCUT2D eigenvalue weighted by Gasteiger charge is -2.23. The van der Waals surface area contributed by atoms with Crippen LogP contribution in [-0.2, 0) is 4.74 Å². The number of hydrogen-bond donors (Lipinski definition) is 0. The van der Waals surface area contributed by atoms with Crippen LogP contribution in [-0.4, -0.2) is 35.3 Å². The second-order valence-corrected chi connectivity index (χ2v) is 9.38. The fourth-order valence-electron chi connectivity index (χ4n) is 3.97. The van der Waals surface area contributed by atoms with Gasteiger partial charge in [-0.3, -0.25) is 9.69 Å². The highest BCUT2D eigenvalue weighted by molar-refractivity contribution is 7.22. The molecule has 0 aliphatic carbocycles. The highest BCUT2D eigenvalue weighted by Gasteiger charge is 2.32. The first-order valence-corrected chi connectivity index (χ1v) is 11.7. The summed E-state index contributed by atoms with van der Waals surface area (Å²) in [6.45, 7) is 4.92. The number of ether oxygens (including phenoxy) is 1. The van der Waals surface area contributed by atoms with Gasteiger partial charge in [-0.25, -0.2) is 4.98 Å². The Balaban J connectivity index is 1.59. The van der Waals surface area contributed by atoms with E-state index in [9.17, 15) is 4.79 Å². The van der Waals surface area contributed by atoms with Crippen LogP contribution in [0.2, 0.25) is 5.02 Å². The van der Waals surface area contributed by atoms with Crippen LogP contribution in [0.5, 0.6) is 0 Å². The predicted molar refractivity (Wildman–Crippen MR) is 127 cm³/mol. The average molecular weight is 468 g/mol. The molecule has 1 atom stereocenters. The van der Waals surface area contributed by atoms with Crippen LogP contribution >= 0.6 is 22.9 Å². The molecule has 5 rings (SSSR count). The van der Waals surface area contributed by atoms with Gasteiger partial charge in [0.05, 0.1) is 27.9 Å². The summed E-state index contributed by atoms with van der Waals surface area (Å²) in [4.78, 5) is 20.4. The number of rotatable bonds is 5. The molecule has 0 spiro atoms. The molecule has 1 amide bonds. The molecular weight excluding hydrogens is 446 g/mol. The van der Waals surface area contributed by atoms with E-state index in [1.54, 1.807) is 17.9 Å². The van der Waals surface area contributed by atoms with E-state index in [0.717, 1.165) is 28.6 Å². The van der Waals surface area contributed by atoms with E-state index in [1.165, 1.54) is 11.3 Å². The van der Waals surface area contributed by atoms with E-state index in [2.05, 4.69) is 11.2 Å². The predicted octanol–water partition coefficient (Wildman–Crippen LogP) is 6.05. The van der Waals surface area contributed by atoms with Gasteiger partial charge in [0.15, 0.2) is 5.13 Å². The molecule has 1 unspecified atom stereocenters. The van der Waals surface area contributed by atoms with E-state index in [-0.39, 0.29) is 12.0 Å². The zero-order chi connectivity index (χ0) is 22.2. The Bertz CT molecular complexity index is 1290. The van der Waals surface area contributed by atoms with Crippen molar-refractivity contribution in [1.29, 1.82) is 0 Å². The lowest BCUT2D eigenvalue weighted by atomic mass is 10.0. The van der Waals surface area contributed by atoms with Crippen LogP contribution in [0.4, 0.5) is 5.13 Å². The summed E-state index contributed by atoms with van der Waals surface area (Å²) >= 11 is 7.91. The van der Waals surface area contributed by atoms with Crippen molar-refractivity contribution < 1.29 is 14.1 Å². The molecule has 2 aromatic heterocycles. The van der Waals surface area contributed by atoms with Crippen molar-refractivity contribution in [3.63, 3.8) is 0 Å². The lowest BCUT2D eigenvalue weighted by molar-refractivity contribution is 0.0916. The fourth-order valence-corrected chi connectivity index (χ4v) is 5.27. The molecule has 2 aromatic carbocycles. The van der Waals surface area contributed by atoms with Gasteiger partial charge in [-0.15, -0.1) is 0 Å². The minimum absolute atomic E-state index is 0.0309. The minimum Gasteiger partial charge on any atom is -0.376 e. The van der Waals surface area contributed by atoms with Gasteiger partial charge in [0.2, 0.25) is 0 Å². The average Bonchev–Trinajstić information content (AvgIpc) is 3.51. The van der Waals surface area contributed by atoms with Crippen LogP contribution in [0.1, 0.15) is 34.5 Å². The normalized spacial score (nSPS) is 16.0. The fraction of sp³-hybridized carbons (Fsp3) is 0.292. The van der Waals surface area contributed by atoms with Crippen LogP contribution in [0.15, 0.2) is 47.0 Å². The van der Waals surface area contributed by atoms with Crippen molar-refractivity contribution in [2.24, 2.45) is 0 Å². The van der Waals surface area contributed by atoms with Crippen LogP contribution in [0.25, 0.3) is 21.5 Å². The van der Waals surface area contributed by atoms with Crippen molar-refractivity contribution in [2.45, 2.75) is 32.8 Å². The Labute approximate surface area is 194 Å². The van der Waals surface area contributed by atoms with Crippen molar-refractivity contribution in [3.05, 3.63) is 64.4 Å². The van der Waals surface area contributed by atoms with Gasteiger partial charge in [-0.2, -0.15) is 0 Å². The minimum atomic E-state index is -0.218. The molecule has 6 nitrogen and oxygen atoms in total. The summed E-state index contributed by atoms with van der Waals surface area (Å²) in [5, 5.41) is 5.32. The van der Waals surface area contributed by atoms with Crippen molar-refractivity contribution in [3.8, 4) is 11.3 Å². The highest BCUT2D eigenvalue weighted by Crippen LogP contribution is 2.35. The number of carbonyl (C=O) groups is 1. The zero-order valence-corrected chi connectivity index (χ0v) is 19.4. The number of aryl methyl sites for hydroxylation is 2. The first-order chi connectivity index (χ1) is 15.5. The smallest absolute Gasteiger partial charge is 0.266 e. The third-order valence-corrected chi connectivity index (χ3v) is 7.00. The van der Waals surface area contributed by atoms with E-state index in [1.807, 2.05) is 37.3 Å². The third-order valence-electron chi connectivity index (χ3n) is 5.62. The molecule has 1 saturated heterocycles. The number of thiazole rings is 1. The Morgan fingerprint density at radius 2 is 2.09 bits per heavy atom. The standard InChI is InChI=1S/C24H22ClN3O3S/c1-14-9-10-19-20(12-14)32-24(26-19)28(13-16-6-5-11-30-16)23(29)21-15(2)31-27-22(21)17-7-3-4-8-18(17)25/h3-4,7-10,12,16H,5-6,11,13H2,1-2H3. The summed E-state index contributed by atoms with van der Waals surface area (Å²) in [6, 6.07) is 13.4. The van der Waals surface area contributed by atoms with E-state index in [4.69, 9.17) is 25.8 Å². The van der Waals surface area contributed by atoms with Gasteiger partial charge >= 0.3 is 0 Å². The van der Waals surface area contributed by atoms with Crippen molar-refractivity contribution in [1.82, 2.24) is 10.1 Å². The number of hydrogen-bond acceptors (Lipinski definition) is 6. The summed E-state index contributed by atoms with van der Waals surface area (Å²) in [5.74, 6) is 0.226. The van der Waals surface area contributed by atoms with Crippen LogP contribution in [0, 0.1) is 13.8 Å². The number of halogens is 1. The molecule has 1 aliphatic rings. The van der Waals surface area contributed by atoms with E-state index >= 15 is 0 Å². The maximum Gasteiger partial charge on any atom is 0.266 e. The van der Waals surface area contributed by atoms with Crippen molar-refractivity contribution >= 4 is 44.2 Å². The largest absolute Gasteiger partial charge is 0.376 e. The Hall–Kier alpha value is -2.74. The molecule has 3 heterocycles. The third kappa shape index (κ3) is 3.92. The molecule has 1 fully saturated rings. The molecule has 0 N–H and O–H groups in total. The second-order valence-electron chi connectivity index (χ2n) is 7.96. The number of anilines is 1. The summed E-state index contributed by atoms with van der Waals surface area (Å²) in [5.41, 5.74) is 3.51. The lowest BCUT2D eigenvalue weighted by Crippen LogP contribution is -2.37. The van der Waals surface area contributed by atoms with Crippen LogP contribution in [0.3, 0.4) is 0 Å². The van der Waals surface area contributed by atoms with Crippen molar-refractivity contribution in [2.75, 3.05) is 18.1 Å². The number of amides is 1. The maximum atomic E-state index is 14.0. The molecule has 0 saturated carbocycles. The quantitative estimate of drug-likeness (QED) is 0.357. The molecule has 4 aromatic rings. The molecule has 0 bridgehead atoms. The zero-order valence-electron chi connectivity index (χ0n) is 17.8. The van der Waals surface area contributed by atoms with Gasteiger partial charge in [0.1, 0.15) is 17.0 Å². The summed E-state index contributed by atoms with van der Waals surface area (Å²) in [6.07, 6.45) is 1.87. The second kappa shape index (κ2) is 8.65. The molecular formula is C24H22ClN3O3S. The SMILES string of the molecule is Cc1ccc2nc(N(CC3CCCO3)C(=O)c3c(-c4ccccc4Cl)noc3C)sc2c1. The summed E-state index contributed by atoms with van der Waals surface area (Å²) in [7, 11) is 0. The number of carbonyl (C=O) groups excluding carboxylic acids is 1. The molecule has 8 heteroatoms. The van der Waals surface area contributed by atoms with Gasteiger partial charge in [0, 0.05) is 12.2 Å². The Morgan fingerprint density at radius 3 is 2.88 bits per heavy atom. The number of nitrogens with zero attached hydrogens (tertiary/aromatic N) is 3. The molecule has 0 radical (unpaired) electrons. The number of aromatic nitrogens is 2. The summed E-state index contributed by atoms with van der Waals surface area (Å²) < 4.78 is 12.3. The van der Waals surface area contributed by atoms with Gasteiger partial charge < -0.3 is 9.26 Å². The van der Waals surface area contributed by atoms with Gasteiger partial charge in [-0.05, 0) is 50.5 Å². The Morgan fingerprint density at radius 1 is 1.25 bits per heavy atom. The first kappa shape index (κ1) is 21.1. The monoisotopic (exact) mass is 467 g/mol. The maximum absolute atomic E-state index is 14.0. The molecule has 1 aliphatic heterocycles. The topological polar surface area (TPSA) is 68.5 Å². The van der Waals surface area contributed by atoms with E-state index in [0.29, 0.717) is 45.9 Å². The number of benzene rings is 2. The first-order valence-electron chi connectivity index (χ1n) is 10.5.